The van der Waals surface area contributed by atoms with E-state index in [1.54, 1.807) is 0 Å². The van der Waals surface area contributed by atoms with Gasteiger partial charge in [-0.2, -0.15) is 9.97 Å². The molecule has 0 bridgehead atoms. The first-order chi connectivity index (χ1) is 15.4. The van der Waals surface area contributed by atoms with Crippen molar-refractivity contribution in [1.29, 1.82) is 0 Å². The Morgan fingerprint density at radius 1 is 1.24 bits per heavy atom. The smallest absolute Gasteiger partial charge is 0.334 e. The molecule has 0 spiro atoms. The zero-order chi connectivity index (χ0) is 24.3. The molecule has 5 atom stereocenters. The van der Waals surface area contributed by atoms with Crippen LogP contribution in [0.1, 0.15) is 54.7 Å². The molecule has 0 radical (unpaired) electrons. The Labute approximate surface area is 201 Å². The van der Waals surface area contributed by atoms with Gasteiger partial charge < -0.3 is 23.4 Å². The maximum atomic E-state index is 16.5. The zero-order valence-electron chi connectivity index (χ0n) is 20.1. The largest absolute Gasteiger partial charge is 0.416 e. The van der Waals surface area contributed by atoms with Crippen LogP contribution in [-0.4, -0.2) is 61.8 Å². The van der Waals surface area contributed by atoms with E-state index in [0.717, 1.165) is 0 Å². The van der Waals surface area contributed by atoms with Crippen LogP contribution in [0.2, 0.25) is 21.8 Å². The summed E-state index contributed by atoms with van der Waals surface area (Å²) < 4.78 is 44.0. The van der Waals surface area contributed by atoms with Crippen molar-refractivity contribution in [3.8, 4) is 0 Å². The molecule has 2 aromatic heterocycles. The predicted octanol–water partition coefficient (Wildman–Crippen LogP) is 4.01. The summed E-state index contributed by atoms with van der Waals surface area (Å²) in [7, 11) is -4.95. The first-order valence-corrected chi connectivity index (χ1v) is 15.3. The second-order valence-electron chi connectivity index (χ2n) is 10.0. The number of nitrogens with two attached hydrogens (primary N) is 1. The molecule has 2 aliphatic heterocycles. The molecule has 2 saturated heterocycles. The molecule has 9 nitrogen and oxygen atoms in total. The number of anilines is 1. The summed E-state index contributed by atoms with van der Waals surface area (Å²) in [6.07, 6.45) is -1.08. The van der Waals surface area contributed by atoms with Crippen molar-refractivity contribution < 1.29 is 22.1 Å². The molecule has 0 saturated carbocycles. The van der Waals surface area contributed by atoms with E-state index in [1.807, 2.05) is 0 Å². The quantitative estimate of drug-likeness (QED) is 0.479. The Hall–Kier alpha value is -1.16. The van der Waals surface area contributed by atoms with E-state index in [2.05, 4.69) is 56.5 Å². The highest BCUT2D eigenvalue weighted by Crippen LogP contribution is 2.47. The van der Waals surface area contributed by atoms with Crippen LogP contribution < -0.4 is 5.73 Å². The fourth-order valence-electron chi connectivity index (χ4n) is 4.79. The summed E-state index contributed by atoms with van der Waals surface area (Å²) in [4.78, 5) is 12.4. The van der Waals surface area contributed by atoms with Crippen LogP contribution in [-0.2, 0) is 17.7 Å². The molecule has 0 aromatic carbocycles. The van der Waals surface area contributed by atoms with Crippen molar-refractivity contribution >= 4 is 46.6 Å². The van der Waals surface area contributed by atoms with Crippen molar-refractivity contribution in [3.05, 3.63) is 11.5 Å². The van der Waals surface area contributed by atoms with E-state index in [0.29, 0.717) is 11.2 Å². The Morgan fingerprint density at radius 2 is 1.91 bits per heavy atom. The molecule has 0 amide bonds. The first kappa shape index (κ1) is 25.0. The molecular weight excluding hydrogens is 485 g/mol. The molecule has 1 unspecified atom stereocenters. The monoisotopic (exact) mass is 517 g/mol. The third-order valence-corrected chi connectivity index (χ3v) is 14.7. The van der Waals surface area contributed by atoms with Gasteiger partial charge in [0, 0.05) is 0 Å². The number of imidazole rings is 1. The molecular formula is C20H33ClFN5O4Si2. The minimum atomic E-state index is -2.64. The number of fused-ring (bicyclic) bond motifs is 2. The lowest BCUT2D eigenvalue weighted by molar-refractivity contribution is -0.0584. The number of nitrogens with zero attached hydrogens (tertiary/aromatic N) is 4. The molecule has 4 heterocycles. The minimum Gasteiger partial charge on any atom is -0.416 e. The van der Waals surface area contributed by atoms with Crippen LogP contribution in [0, 0.1) is 0 Å². The fraction of sp³-hybridized carbons (Fsp3) is 0.750. The van der Waals surface area contributed by atoms with Crippen LogP contribution >= 0.6 is 11.6 Å². The number of alkyl halides is 1. The lowest BCUT2D eigenvalue weighted by Crippen LogP contribution is -2.59. The molecule has 2 aliphatic rings. The van der Waals surface area contributed by atoms with Gasteiger partial charge in [0.25, 0.3) is 0 Å². The van der Waals surface area contributed by atoms with Gasteiger partial charge in [0.1, 0.15) is 17.7 Å². The summed E-state index contributed by atoms with van der Waals surface area (Å²) in [5, 5.41) is 0.103. The maximum Gasteiger partial charge on any atom is 0.334 e. The lowest BCUT2D eigenvalue weighted by Gasteiger charge is -2.45. The number of rotatable bonds is 4. The van der Waals surface area contributed by atoms with Gasteiger partial charge in [0.2, 0.25) is 5.95 Å². The van der Waals surface area contributed by atoms with E-state index < -0.39 is 41.9 Å². The van der Waals surface area contributed by atoms with Crippen molar-refractivity contribution in [3.63, 3.8) is 0 Å². The number of ether oxygens (including phenoxy) is 1. The van der Waals surface area contributed by atoms with Crippen molar-refractivity contribution in [1.82, 2.24) is 19.5 Å². The van der Waals surface area contributed by atoms with E-state index >= 15 is 4.39 Å². The third kappa shape index (κ3) is 4.13. The molecule has 0 aliphatic carbocycles. The van der Waals surface area contributed by atoms with Crippen LogP contribution in [0.3, 0.4) is 0 Å². The fourth-order valence-corrected chi connectivity index (χ4v) is 13.7. The molecule has 33 heavy (non-hydrogen) atoms. The molecule has 2 aromatic rings. The van der Waals surface area contributed by atoms with Gasteiger partial charge in [-0.05, 0) is 23.5 Å². The summed E-state index contributed by atoms with van der Waals surface area (Å²) >= 11 is 6.17. The highest BCUT2D eigenvalue weighted by molar-refractivity contribution is 6.76. The molecule has 2 N–H and O–H groups in total. The topological polar surface area (TPSA) is 107 Å². The van der Waals surface area contributed by atoms with Crippen molar-refractivity contribution in [2.24, 2.45) is 0 Å². The molecule has 13 heteroatoms. The Kier molecular flexibility index (Phi) is 6.66. The van der Waals surface area contributed by atoms with Crippen LogP contribution in [0.5, 0.6) is 0 Å². The average molecular weight is 518 g/mol. The van der Waals surface area contributed by atoms with Crippen LogP contribution in [0.4, 0.5) is 10.3 Å². The maximum absolute atomic E-state index is 16.5. The van der Waals surface area contributed by atoms with E-state index in [9.17, 15) is 0 Å². The van der Waals surface area contributed by atoms with E-state index in [1.165, 1.54) is 17.8 Å². The third-order valence-electron chi connectivity index (χ3n) is 6.54. The van der Waals surface area contributed by atoms with E-state index in [-0.39, 0.29) is 34.3 Å². The van der Waals surface area contributed by atoms with E-state index in [4.69, 9.17) is 35.0 Å². The summed E-state index contributed by atoms with van der Waals surface area (Å²) in [5.74, 6) is -0.0243. The van der Waals surface area contributed by atoms with Gasteiger partial charge in [-0.15, -0.1) is 0 Å². The van der Waals surface area contributed by atoms with Crippen LogP contribution in [0.15, 0.2) is 6.33 Å². The highest BCUT2D eigenvalue weighted by atomic mass is 35.5. The summed E-state index contributed by atoms with van der Waals surface area (Å²) in [6.45, 7) is 14.3. The van der Waals surface area contributed by atoms with Gasteiger partial charge in [0.15, 0.2) is 22.7 Å². The number of halogens is 2. The second-order valence-corrected chi connectivity index (χ2v) is 17.7. The van der Waals surface area contributed by atoms with Crippen molar-refractivity contribution in [2.75, 3.05) is 12.3 Å². The zero-order valence-corrected chi connectivity index (χ0v) is 23.0. The first-order valence-electron chi connectivity index (χ1n) is 11.4. The van der Waals surface area contributed by atoms with Gasteiger partial charge in [-0.3, -0.25) is 4.57 Å². The number of nitrogen functional groups attached to an aromatic ring is 1. The van der Waals surface area contributed by atoms with Crippen LogP contribution in [0.25, 0.3) is 11.2 Å². The number of aromatic nitrogens is 4. The molecule has 4 rings (SSSR count). The Bertz CT molecular complexity index is 1020. The van der Waals surface area contributed by atoms with Gasteiger partial charge in [-0.25, -0.2) is 9.37 Å². The number of hydrogen-bond acceptors (Lipinski definition) is 8. The lowest BCUT2D eigenvalue weighted by atomic mass is 9.98. The SMILES string of the molecule is CC(C)[SiH]1O[C@@H]2[C@@H](CO[Si](C(C)C)(C(C)C)O1)O[C@@H](n1cnc3c(Cl)nc(N)nc31)[C@]2(C)F. The van der Waals surface area contributed by atoms with Gasteiger partial charge in [0.05, 0.1) is 12.9 Å². The van der Waals surface area contributed by atoms with Crippen molar-refractivity contribution in [2.45, 2.75) is 89.2 Å². The minimum absolute atomic E-state index is 0.0243. The molecule has 2 fully saturated rings. The predicted molar refractivity (Wildman–Crippen MR) is 128 cm³/mol. The summed E-state index contributed by atoms with van der Waals surface area (Å²) in [6, 6.07) is 0. The second kappa shape index (κ2) is 8.81. The van der Waals surface area contributed by atoms with Gasteiger partial charge in [-0.1, -0.05) is 53.1 Å². The normalized spacial score (nSPS) is 32.5. The van der Waals surface area contributed by atoms with Gasteiger partial charge >= 0.3 is 17.8 Å². The Balaban J connectivity index is 1.74. The summed E-state index contributed by atoms with van der Waals surface area (Å²) in [5.41, 5.74) is 5.05. The highest BCUT2D eigenvalue weighted by Gasteiger charge is 2.60. The average Bonchev–Trinajstić information content (AvgIpc) is 3.19. The number of hydrogen-bond donors (Lipinski definition) is 1. The standard InChI is InChI=1S/C20H33ClFN5O4Si2/c1-10(2)32-30-15-13(8-28-33(31-32,11(3)4)12(5)6)29-18(20(15,7)22)27-9-24-14-16(21)25-19(23)26-17(14)27/h9-13,15,18,32H,8H2,1-7H3,(H2,23,25,26)/t13-,15-,18-,20-,32?/m1/s1. The Morgan fingerprint density at radius 3 is 2.52 bits per heavy atom. The molecule has 184 valence electrons.